The number of nitrogen functional groups attached to an aromatic ring is 1. The zero-order valence-corrected chi connectivity index (χ0v) is 12.4. The topological polar surface area (TPSA) is 100 Å². The lowest BCUT2D eigenvalue weighted by Gasteiger charge is -2.05. The van der Waals surface area contributed by atoms with Gasteiger partial charge in [0.2, 0.25) is 0 Å². The van der Waals surface area contributed by atoms with Crippen molar-refractivity contribution in [2.24, 2.45) is 0 Å². The molecule has 1 atom stereocenters. The highest BCUT2D eigenvalue weighted by molar-refractivity contribution is 7.18. The van der Waals surface area contributed by atoms with E-state index in [4.69, 9.17) is 10.8 Å². The fourth-order valence-corrected chi connectivity index (χ4v) is 2.43. The number of carbonyl (C=O) groups is 1. The first-order valence-electron chi connectivity index (χ1n) is 6.39. The SMILES string of the molecule is CC(O)CCCNC(=O)c1sc(NC(C)C)nc1N. The van der Waals surface area contributed by atoms with Gasteiger partial charge in [0.25, 0.3) is 5.91 Å². The summed E-state index contributed by atoms with van der Waals surface area (Å²) in [4.78, 5) is 16.4. The van der Waals surface area contributed by atoms with Crippen LogP contribution in [0.1, 0.15) is 43.3 Å². The maximum atomic E-state index is 11.9. The molecule has 0 saturated carbocycles. The maximum absolute atomic E-state index is 11.9. The Hall–Kier alpha value is -1.34. The first kappa shape index (κ1) is 15.7. The predicted octanol–water partition coefficient (Wildman–Crippen LogP) is 1.44. The van der Waals surface area contributed by atoms with Gasteiger partial charge in [-0.3, -0.25) is 4.79 Å². The van der Waals surface area contributed by atoms with Crippen molar-refractivity contribution in [2.75, 3.05) is 17.6 Å². The summed E-state index contributed by atoms with van der Waals surface area (Å²) in [5.74, 6) is 0.0403. The van der Waals surface area contributed by atoms with Gasteiger partial charge in [0.05, 0.1) is 6.10 Å². The van der Waals surface area contributed by atoms with Crippen molar-refractivity contribution in [3.63, 3.8) is 0 Å². The van der Waals surface area contributed by atoms with Crippen molar-refractivity contribution in [3.8, 4) is 0 Å². The van der Waals surface area contributed by atoms with Crippen LogP contribution in [0.5, 0.6) is 0 Å². The number of aliphatic hydroxyl groups is 1. The number of aliphatic hydroxyl groups excluding tert-OH is 1. The maximum Gasteiger partial charge on any atom is 0.265 e. The standard InChI is InChI=1S/C12H22N4O2S/c1-7(2)15-12-16-10(13)9(19-12)11(18)14-6-4-5-8(3)17/h7-8,17H,4-6,13H2,1-3H3,(H,14,18)(H,15,16). The number of anilines is 2. The van der Waals surface area contributed by atoms with Crippen LogP contribution in [0.2, 0.25) is 0 Å². The normalized spacial score (nSPS) is 12.5. The summed E-state index contributed by atoms with van der Waals surface area (Å²) in [6, 6.07) is 0.243. The van der Waals surface area contributed by atoms with Gasteiger partial charge in [-0.1, -0.05) is 11.3 Å². The lowest BCUT2D eigenvalue weighted by atomic mass is 10.2. The number of thiazole rings is 1. The molecule has 0 aliphatic heterocycles. The van der Waals surface area contributed by atoms with E-state index in [1.807, 2.05) is 13.8 Å². The van der Waals surface area contributed by atoms with Crippen LogP contribution < -0.4 is 16.4 Å². The van der Waals surface area contributed by atoms with Gasteiger partial charge in [-0.25, -0.2) is 4.98 Å². The highest BCUT2D eigenvalue weighted by Crippen LogP contribution is 2.25. The smallest absolute Gasteiger partial charge is 0.265 e. The van der Waals surface area contributed by atoms with E-state index in [-0.39, 0.29) is 23.9 Å². The van der Waals surface area contributed by atoms with Crippen LogP contribution in [-0.2, 0) is 0 Å². The largest absolute Gasteiger partial charge is 0.393 e. The molecule has 0 aliphatic carbocycles. The van der Waals surface area contributed by atoms with Crippen LogP contribution in [-0.4, -0.2) is 34.7 Å². The van der Waals surface area contributed by atoms with E-state index in [2.05, 4.69) is 15.6 Å². The number of aromatic nitrogens is 1. The summed E-state index contributed by atoms with van der Waals surface area (Å²) in [6.07, 6.45) is 1.06. The second kappa shape index (κ2) is 7.30. The molecule has 0 radical (unpaired) electrons. The van der Waals surface area contributed by atoms with Gasteiger partial charge in [-0.2, -0.15) is 0 Å². The molecule has 0 aromatic carbocycles. The van der Waals surface area contributed by atoms with Gasteiger partial charge < -0.3 is 21.5 Å². The molecule has 5 N–H and O–H groups in total. The number of amides is 1. The Balaban J connectivity index is 2.50. The van der Waals surface area contributed by atoms with E-state index >= 15 is 0 Å². The molecular formula is C12H22N4O2S. The van der Waals surface area contributed by atoms with Crippen molar-refractivity contribution < 1.29 is 9.90 Å². The van der Waals surface area contributed by atoms with Crippen molar-refractivity contribution in [1.82, 2.24) is 10.3 Å². The minimum atomic E-state index is -0.341. The van der Waals surface area contributed by atoms with E-state index in [1.54, 1.807) is 6.92 Å². The number of nitrogens with two attached hydrogens (primary N) is 1. The molecular weight excluding hydrogens is 264 g/mol. The molecule has 1 aromatic rings. The molecule has 108 valence electrons. The molecule has 1 amide bonds. The number of hydrogen-bond acceptors (Lipinski definition) is 6. The van der Waals surface area contributed by atoms with Crippen molar-refractivity contribution >= 4 is 28.2 Å². The van der Waals surface area contributed by atoms with E-state index in [0.717, 1.165) is 6.42 Å². The van der Waals surface area contributed by atoms with Crippen LogP contribution in [0.15, 0.2) is 0 Å². The van der Waals surface area contributed by atoms with E-state index in [9.17, 15) is 4.79 Å². The quantitative estimate of drug-likeness (QED) is 0.568. The van der Waals surface area contributed by atoms with Gasteiger partial charge in [0.1, 0.15) is 10.7 Å². The molecule has 0 fully saturated rings. The van der Waals surface area contributed by atoms with Crippen molar-refractivity contribution in [1.29, 1.82) is 0 Å². The minimum absolute atomic E-state index is 0.211. The Morgan fingerprint density at radius 1 is 1.47 bits per heavy atom. The number of carbonyl (C=O) groups excluding carboxylic acids is 1. The van der Waals surface area contributed by atoms with Crippen molar-refractivity contribution in [3.05, 3.63) is 4.88 Å². The van der Waals surface area contributed by atoms with Gasteiger partial charge >= 0.3 is 0 Å². The summed E-state index contributed by atoms with van der Waals surface area (Å²) < 4.78 is 0. The first-order valence-corrected chi connectivity index (χ1v) is 7.21. The zero-order valence-electron chi connectivity index (χ0n) is 11.6. The minimum Gasteiger partial charge on any atom is -0.393 e. The second-order valence-electron chi connectivity index (χ2n) is 4.78. The third-order valence-corrected chi connectivity index (χ3v) is 3.36. The Bertz CT molecular complexity index is 418. The lowest BCUT2D eigenvalue weighted by Crippen LogP contribution is -2.25. The summed E-state index contributed by atoms with van der Waals surface area (Å²) in [6.45, 7) is 6.24. The average molecular weight is 286 g/mol. The van der Waals surface area contributed by atoms with Crippen LogP contribution >= 0.6 is 11.3 Å². The molecule has 19 heavy (non-hydrogen) atoms. The van der Waals surface area contributed by atoms with E-state index < -0.39 is 0 Å². The summed E-state index contributed by atoms with van der Waals surface area (Å²) in [7, 11) is 0. The molecule has 7 heteroatoms. The molecule has 0 saturated heterocycles. The monoisotopic (exact) mass is 286 g/mol. The van der Waals surface area contributed by atoms with Gasteiger partial charge in [0, 0.05) is 12.6 Å². The average Bonchev–Trinajstić information content (AvgIpc) is 2.64. The molecule has 1 rings (SSSR count). The third kappa shape index (κ3) is 5.44. The van der Waals surface area contributed by atoms with Crippen LogP contribution in [0.25, 0.3) is 0 Å². The number of rotatable bonds is 7. The number of nitrogens with zero attached hydrogens (tertiary/aromatic N) is 1. The summed E-state index contributed by atoms with van der Waals surface area (Å²) in [5, 5.41) is 15.7. The Labute approximate surface area is 117 Å². The van der Waals surface area contributed by atoms with Crippen molar-refractivity contribution in [2.45, 2.75) is 45.8 Å². The lowest BCUT2D eigenvalue weighted by molar-refractivity contribution is 0.0954. The Morgan fingerprint density at radius 2 is 2.16 bits per heavy atom. The summed E-state index contributed by atoms with van der Waals surface area (Å²) in [5.41, 5.74) is 5.73. The second-order valence-corrected chi connectivity index (χ2v) is 5.78. The van der Waals surface area contributed by atoms with Crippen LogP contribution in [0.4, 0.5) is 10.9 Å². The fraction of sp³-hybridized carbons (Fsp3) is 0.667. The molecule has 0 spiro atoms. The molecule has 0 aliphatic rings. The zero-order chi connectivity index (χ0) is 14.4. The Morgan fingerprint density at radius 3 is 2.74 bits per heavy atom. The first-order chi connectivity index (χ1) is 8.90. The number of nitrogens with one attached hydrogen (secondary N) is 2. The molecule has 1 aromatic heterocycles. The molecule has 1 heterocycles. The third-order valence-electron chi connectivity index (χ3n) is 2.36. The molecule has 0 bridgehead atoms. The van der Waals surface area contributed by atoms with Gasteiger partial charge in [0.15, 0.2) is 5.13 Å². The highest BCUT2D eigenvalue weighted by atomic mass is 32.1. The fourth-order valence-electron chi connectivity index (χ4n) is 1.48. The Kier molecular flexibility index (Phi) is 6.04. The van der Waals surface area contributed by atoms with E-state index in [0.29, 0.717) is 23.0 Å². The predicted molar refractivity (Wildman–Crippen MR) is 78.5 cm³/mol. The van der Waals surface area contributed by atoms with Gasteiger partial charge in [-0.15, -0.1) is 0 Å². The van der Waals surface area contributed by atoms with Gasteiger partial charge in [-0.05, 0) is 33.6 Å². The van der Waals surface area contributed by atoms with Crippen LogP contribution in [0.3, 0.4) is 0 Å². The highest BCUT2D eigenvalue weighted by Gasteiger charge is 2.16. The van der Waals surface area contributed by atoms with E-state index in [1.165, 1.54) is 11.3 Å². The molecule has 6 nitrogen and oxygen atoms in total. The van der Waals surface area contributed by atoms with Crippen LogP contribution in [0, 0.1) is 0 Å². The molecule has 1 unspecified atom stereocenters. The summed E-state index contributed by atoms with van der Waals surface area (Å²) >= 11 is 1.25. The number of hydrogen-bond donors (Lipinski definition) is 4.